The highest BCUT2D eigenvalue weighted by atomic mass is 35.6. The van der Waals surface area contributed by atoms with E-state index in [0.717, 1.165) is 37.6 Å². The quantitative estimate of drug-likeness (QED) is 0.433. The maximum absolute atomic E-state index is 12.5. The van der Waals surface area contributed by atoms with Crippen LogP contribution in [0.5, 0.6) is 0 Å². The molecule has 0 bridgehead atoms. The van der Waals surface area contributed by atoms with E-state index < -0.39 is 19.8 Å². The van der Waals surface area contributed by atoms with Gasteiger partial charge in [0.15, 0.2) is 6.10 Å². The summed E-state index contributed by atoms with van der Waals surface area (Å²) in [6.07, 6.45) is -2.26. The number of hydrogen-bond donors (Lipinski definition) is 0. The number of morpholine rings is 1. The van der Waals surface area contributed by atoms with Crippen molar-refractivity contribution in [3.8, 4) is 0 Å². The van der Waals surface area contributed by atoms with Gasteiger partial charge in [-0.2, -0.15) is 0 Å². The van der Waals surface area contributed by atoms with E-state index in [0.29, 0.717) is 37.7 Å². The summed E-state index contributed by atoms with van der Waals surface area (Å²) in [5, 5.41) is 0.712. The van der Waals surface area contributed by atoms with E-state index in [1.165, 1.54) is 4.90 Å². The van der Waals surface area contributed by atoms with Crippen LogP contribution in [0.4, 0.5) is 10.5 Å². The number of amides is 1. The second kappa shape index (κ2) is 11.3. The van der Waals surface area contributed by atoms with Crippen molar-refractivity contribution in [2.45, 2.75) is 20.2 Å². The van der Waals surface area contributed by atoms with Gasteiger partial charge in [0.2, 0.25) is 7.59 Å². The van der Waals surface area contributed by atoms with Gasteiger partial charge in [-0.1, -0.05) is 87.3 Å². The van der Waals surface area contributed by atoms with Crippen molar-refractivity contribution >= 4 is 93.0 Å². The number of ether oxygens (including phenoxy) is 2. The Bertz CT molecular complexity index is 775. The molecule has 32 heavy (non-hydrogen) atoms. The molecule has 0 atom stereocenters. The first kappa shape index (κ1) is 26.8. The van der Waals surface area contributed by atoms with Crippen LogP contribution in [0.1, 0.15) is 5.56 Å². The van der Waals surface area contributed by atoms with Gasteiger partial charge >= 0.3 is 6.09 Å². The molecule has 0 aromatic heterocycles. The van der Waals surface area contributed by atoms with Crippen LogP contribution in [-0.2, 0) is 16.0 Å². The third-order valence-electron chi connectivity index (χ3n) is 5.25. The molecule has 2 aliphatic heterocycles. The van der Waals surface area contributed by atoms with Crippen LogP contribution < -0.4 is 4.90 Å². The molecular formula is C19H22Cl7N3O3. The number of benzene rings is 1. The molecule has 2 saturated heterocycles. The van der Waals surface area contributed by atoms with Crippen LogP contribution in [0.25, 0.3) is 0 Å². The first-order valence-electron chi connectivity index (χ1n) is 9.87. The molecule has 180 valence electrons. The van der Waals surface area contributed by atoms with Crippen molar-refractivity contribution in [2.24, 2.45) is 0 Å². The minimum absolute atomic E-state index is 0.411. The lowest BCUT2D eigenvalue weighted by molar-refractivity contribution is 0.0472. The molecule has 0 spiro atoms. The molecule has 0 N–H and O–H groups in total. The van der Waals surface area contributed by atoms with Gasteiger partial charge in [0.05, 0.1) is 13.2 Å². The molecular weight excluding hydrogens is 566 g/mol. The fourth-order valence-electron chi connectivity index (χ4n) is 3.51. The Balaban J connectivity index is 1.53. The molecule has 0 unspecified atom stereocenters. The third-order valence-corrected chi connectivity index (χ3v) is 6.79. The Hall–Kier alpha value is 0.240. The topological polar surface area (TPSA) is 45.2 Å². The van der Waals surface area contributed by atoms with Gasteiger partial charge in [0.1, 0.15) is 0 Å². The van der Waals surface area contributed by atoms with Crippen LogP contribution in [0.3, 0.4) is 0 Å². The number of piperazine rings is 1. The number of carbonyl (C=O) groups excluding carboxylic acids is 1. The molecule has 1 amide bonds. The van der Waals surface area contributed by atoms with Crippen molar-refractivity contribution in [3.05, 3.63) is 28.8 Å². The predicted octanol–water partition coefficient (Wildman–Crippen LogP) is 5.54. The van der Waals surface area contributed by atoms with E-state index in [2.05, 4.69) is 15.9 Å². The predicted molar refractivity (Wildman–Crippen MR) is 132 cm³/mol. The highest BCUT2D eigenvalue weighted by molar-refractivity contribution is 6.73. The first-order valence-corrected chi connectivity index (χ1v) is 12.5. The monoisotopic (exact) mass is 585 g/mol. The van der Waals surface area contributed by atoms with Gasteiger partial charge in [-0.15, -0.1) is 0 Å². The van der Waals surface area contributed by atoms with Crippen molar-refractivity contribution in [2.75, 3.05) is 57.4 Å². The van der Waals surface area contributed by atoms with E-state index >= 15 is 0 Å². The van der Waals surface area contributed by atoms with Crippen molar-refractivity contribution in [3.63, 3.8) is 0 Å². The lowest BCUT2D eigenvalue weighted by Gasteiger charge is -2.37. The Morgan fingerprint density at radius 2 is 1.56 bits per heavy atom. The molecule has 3 rings (SSSR count). The Morgan fingerprint density at radius 1 is 0.969 bits per heavy atom. The van der Waals surface area contributed by atoms with E-state index in [1.807, 2.05) is 12.1 Å². The average molecular weight is 589 g/mol. The Kier molecular flexibility index (Phi) is 9.49. The molecule has 1 aromatic carbocycles. The van der Waals surface area contributed by atoms with E-state index in [9.17, 15) is 4.79 Å². The van der Waals surface area contributed by atoms with E-state index in [1.54, 1.807) is 0 Å². The zero-order valence-electron chi connectivity index (χ0n) is 16.9. The van der Waals surface area contributed by atoms with Gasteiger partial charge in [-0.25, -0.2) is 4.79 Å². The van der Waals surface area contributed by atoms with Crippen molar-refractivity contribution < 1.29 is 14.3 Å². The normalized spacial score (nSPS) is 18.9. The van der Waals surface area contributed by atoms with E-state index in [-0.39, 0.29) is 0 Å². The SMILES string of the molecule is O=C(OC(C(Cl)(Cl)Cl)C(Cl)(Cl)Cl)N1CCN(Cc2ccc(N3CCOCC3)cc2Cl)CC1. The highest BCUT2D eigenvalue weighted by Gasteiger charge is 2.50. The highest BCUT2D eigenvalue weighted by Crippen LogP contribution is 2.45. The number of rotatable bonds is 4. The molecule has 0 radical (unpaired) electrons. The molecule has 2 fully saturated rings. The summed E-state index contributed by atoms with van der Waals surface area (Å²) in [6, 6.07) is 6.11. The summed E-state index contributed by atoms with van der Waals surface area (Å²) in [6.45, 7) is 5.85. The summed E-state index contributed by atoms with van der Waals surface area (Å²) in [5.41, 5.74) is 2.11. The standard InChI is InChI=1S/C19H22Cl7N3O3/c20-15-11-14(28-7-9-31-10-8-28)2-1-13(15)12-27-3-5-29(6-4-27)17(30)32-16(18(21,22)23)19(24,25)26/h1-2,11,16H,3-10,12H2. The zero-order valence-corrected chi connectivity index (χ0v) is 22.2. The van der Waals surface area contributed by atoms with Gasteiger partial charge < -0.3 is 19.3 Å². The summed E-state index contributed by atoms with van der Waals surface area (Å²) in [7, 11) is 0. The first-order chi connectivity index (χ1) is 14.9. The van der Waals surface area contributed by atoms with Crippen molar-refractivity contribution in [1.29, 1.82) is 0 Å². The summed E-state index contributed by atoms with van der Waals surface area (Å²) >= 11 is 41.4. The lowest BCUT2D eigenvalue weighted by atomic mass is 10.1. The number of carbonyl (C=O) groups is 1. The maximum Gasteiger partial charge on any atom is 0.410 e. The minimum Gasteiger partial charge on any atom is -0.437 e. The van der Waals surface area contributed by atoms with Crippen LogP contribution in [0, 0.1) is 0 Å². The van der Waals surface area contributed by atoms with Crippen LogP contribution in [0.2, 0.25) is 5.02 Å². The lowest BCUT2D eigenvalue weighted by Crippen LogP contribution is -2.51. The number of halogens is 7. The second-order valence-electron chi connectivity index (χ2n) is 7.49. The molecule has 1 aromatic rings. The summed E-state index contributed by atoms with van der Waals surface area (Å²) in [5.74, 6) is 0. The van der Waals surface area contributed by atoms with Crippen LogP contribution in [0.15, 0.2) is 18.2 Å². The molecule has 13 heteroatoms. The smallest absolute Gasteiger partial charge is 0.410 e. The minimum atomic E-state index is -2.09. The Labute approximate surface area is 222 Å². The van der Waals surface area contributed by atoms with Crippen LogP contribution >= 0.6 is 81.2 Å². The largest absolute Gasteiger partial charge is 0.437 e. The summed E-state index contributed by atoms with van der Waals surface area (Å²) < 4.78 is 6.42. The van der Waals surface area contributed by atoms with Crippen molar-refractivity contribution in [1.82, 2.24) is 9.80 Å². The molecule has 2 heterocycles. The van der Waals surface area contributed by atoms with Crippen LogP contribution in [-0.4, -0.2) is 82.1 Å². The van der Waals surface area contributed by atoms with Gasteiger partial charge in [-0.3, -0.25) is 4.90 Å². The fourth-order valence-corrected chi connectivity index (χ4v) is 5.49. The Morgan fingerprint density at radius 3 is 2.09 bits per heavy atom. The molecule has 6 nitrogen and oxygen atoms in total. The number of hydrogen-bond acceptors (Lipinski definition) is 5. The summed E-state index contributed by atoms with van der Waals surface area (Å²) in [4.78, 5) is 18.4. The number of alkyl halides is 6. The maximum atomic E-state index is 12.5. The van der Waals surface area contributed by atoms with Gasteiger partial charge in [0, 0.05) is 56.5 Å². The third kappa shape index (κ3) is 7.37. The number of anilines is 1. The van der Waals surface area contributed by atoms with Gasteiger partial charge in [0.25, 0.3) is 0 Å². The van der Waals surface area contributed by atoms with Gasteiger partial charge in [-0.05, 0) is 17.7 Å². The zero-order chi connectivity index (χ0) is 23.5. The number of nitrogens with zero attached hydrogens (tertiary/aromatic N) is 3. The molecule has 0 aliphatic carbocycles. The second-order valence-corrected chi connectivity index (χ2v) is 12.6. The fraction of sp³-hybridized carbons (Fsp3) is 0.632. The molecule has 0 saturated carbocycles. The van der Waals surface area contributed by atoms with E-state index in [4.69, 9.17) is 90.7 Å². The average Bonchev–Trinajstić information content (AvgIpc) is 2.73. The molecule has 2 aliphatic rings.